The number of hydrogen-bond acceptors (Lipinski definition) is 2. The molecular weight excluding hydrogens is 199 g/mol. The minimum Gasteiger partial charge on any atom is -0.461 e. The molecule has 0 unspecified atom stereocenters. The van der Waals surface area contributed by atoms with E-state index in [4.69, 9.17) is 12.6 Å². The summed E-state index contributed by atoms with van der Waals surface area (Å²) >= 11 is 0. The number of unbranched alkanes of at least 4 members (excludes halogenated alkanes) is 2. The maximum Gasteiger partial charge on any atom is 0.306 e. The Balaban J connectivity index is 2.05. The Morgan fingerprint density at radius 1 is 1.31 bits per heavy atom. The highest BCUT2D eigenvalue weighted by Gasteiger charge is 2.04. The number of ether oxygens (including phenoxy) is 1. The number of esters is 1. The Hall–Kier alpha value is -0.985. The molecule has 2 radical (unpaired) electrons. The summed E-state index contributed by atoms with van der Waals surface area (Å²) in [5.41, 5.74) is 1.11. The Labute approximate surface area is 99.2 Å². The zero-order chi connectivity index (χ0) is 11.6. The van der Waals surface area contributed by atoms with Gasteiger partial charge in [0.05, 0.1) is 7.85 Å². The summed E-state index contributed by atoms with van der Waals surface area (Å²) in [6, 6.07) is 0. The second-order valence-corrected chi connectivity index (χ2v) is 4.02. The van der Waals surface area contributed by atoms with Crippen molar-refractivity contribution in [1.82, 2.24) is 0 Å². The molecule has 0 fully saturated rings. The summed E-state index contributed by atoms with van der Waals surface area (Å²) < 4.78 is 5.17. The van der Waals surface area contributed by atoms with Gasteiger partial charge in [0, 0.05) is 6.42 Å². The van der Waals surface area contributed by atoms with Gasteiger partial charge in [-0.2, -0.15) is 0 Å². The molecule has 0 N–H and O–H groups in total. The number of carbonyl (C=O) groups is 1. The first kappa shape index (κ1) is 13.1. The molecule has 1 rings (SSSR count). The lowest BCUT2D eigenvalue weighted by Gasteiger charge is -2.08. The van der Waals surface area contributed by atoms with Crippen LogP contribution in [0, 0.1) is 0 Å². The van der Waals surface area contributed by atoms with Crippen LogP contribution in [0.5, 0.6) is 0 Å². The molecule has 1 aliphatic carbocycles. The molecule has 86 valence electrons. The zero-order valence-corrected chi connectivity index (χ0v) is 9.78. The van der Waals surface area contributed by atoms with Crippen LogP contribution >= 0.6 is 0 Å². The molecule has 16 heavy (non-hydrogen) atoms. The maximum atomic E-state index is 11.3. The third-order valence-electron chi connectivity index (χ3n) is 2.56. The van der Waals surface area contributed by atoms with E-state index in [0.717, 1.165) is 37.7 Å². The highest BCUT2D eigenvalue weighted by atomic mass is 16.5. The lowest BCUT2D eigenvalue weighted by Crippen LogP contribution is -2.07. The molecule has 0 saturated carbocycles. The number of allylic oxidation sites excluding steroid dienone is 2. The summed E-state index contributed by atoms with van der Waals surface area (Å²) in [6.07, 6.45) is 12.5. The predicted molar refractivity (Wildman–Crippen MR) is 66.4 cm³/mol. The Bertz CT molecular complexity index is 269. The van der Waals surface area contributed by atoms with Gasteiger partial charge in [-0.15, -0.1) is 0 Å². The van der Waals surface area contributed by atoms with Crippen LogP contribution in [0.3, 0.4) is 0 Å². The van der Waals surface area contributed by atoms with Crippen molar-refractivity contribution in [3.8, 4) is 0 Å². The van der Waals surface area contributed by atoms with Gasteiger partial charge in [0.2, 0.25) is 0 Å². The molecule has 0 amide bonds. The van der Waals surface area contributed by atoms with Crippen molar-refractivity contribution in [2.45, 2.75) is 44.8 Å². The number of hydrogen-bond donors (Lipinski definition) is 0. The van der Waals surface area contributed by atoms with Gasteiger partial charge in [-0.25, -0.2) is 0 Å². The second-order valence-electron chi connectivity index (χ2n) is 4.02. The van der Waals surface area contributed by atoms with Gasteiger partial charge in [0.15, 0.2) is 0 Å². The summed E-state index contributed by atoms with van der Waals surface area (Å²) in [6.45, 7) is 0.423. The van der Waals surface area contributed by atoms with Crippen LogP contribution < -0.4 is 0 Å². The third-order valence-corrected chi connectivity index (χ3v) is 2.56. The molecule has 3 heteroatoms. The molecule has 0 atom stereocenters. The quantitative estimate of drug-likeness (QED) is 0.373. The van der Waals surface area contributed by atoms with Crippen LogP contribution in [0.25, 0.3) is 0 Å². The maximum absolute atomic E-state index is 11.3. The van der Waals surface area contributed by atoms with Crippen LogP contribution in [0.15, 0.2) is 23.8 Å². The van der Waals surface area contributed by atoms with Crippen LogP contribution in [0.2, 0.25) is 6.32 Å². The van der Waals surface area contributed by atoms with Crippen molar-refractivity contribution >= 4 is 13.8 Å². The van der Waals surface area contributed by atoms with Crippen molar-refractivity contribution in [1.29, 1.82) is 0 Å². The Kier molecular flexibility index (Phi) is 6.70. The van der Waals surface area contributed by atoms with Gasteiger partial charge < -0.3 is 4.74 Å². The van der Waals surface area contributed by atoms with Gasteiger partial charge in [0.1, 0.15) is 6.61 Å². The van der Waals surface area contributed by atoms with E-state index in [1.807, 2.05) is 6.08 Å². The molecule has 2 nitrogen and oxygen atoms in total. The largest absolute Gasteiger partial charge is 0.461 e. The Morgan fingerprint density at radius 2 is 2.19 bits per heavy atom. The standard InChI is InChI=1S/C13H19BO2/c14-10-6-2-5-9-13(15)16-11-12-7-3-1-4-8-12/h3,7-8H,1-2,4-6,9-11H2. The van der Waals surface area contributed by atoms with Gasteiger partial charge in [-0.05, 0) is 24.8 Å². The van der Waals surface area contributed by atoms with Gasteiger partial charge in [0.25, 0.3) is 0 Å². The molecular formula is C13H19BO2. The lowest BCUT2D eigenvalue weighted by molar-refractivity contribution is -0.142. The van der Waals surface area contributed by atoms with E-state index in [1.165, 1.54) is 0 Å². The molecule has 0 bridgehead atoms. The predicted octanol–water partition coefficient (Wildman–Crippen LogP) is 2.95. The highest BCUT2D eigenvalue weighted by molar-refractivity contribution is 6.08. The minimum absolute atomic E-state index is 0.100. The first-order chi connectivity index (χ1) is 7.83. The van der Waals surface area contributed by atoms with Crippen LogP contribution in [-0.2, 0) is 9.53 Å². The van der Waals surface area contributed by atoms with E-state index < -0.39 is 0 Å². The first-order valence-electron chi connectivity index (χ1n) is 6.04. The SMILES string of the molecule is [B]CCCCCC(=O)OCC1=CCCC=C1. The van der Waals surface area contributed by atoms with Crippen LogP contribution in [0.1, 0.15) is 38.5 Å². The number of rotatable bonds is 7. The monoisotopic (exact) mass is 218 g/mol. The minimum atomic E-state index is -0.100. The summed E-state index contributed by atoms with van der Waals surface area (Å²) in [5.74, 6) is -0.100. The fourth-order valence-electron chi connectivity index (χ4n) is 1.60. The normalized spacial score (nSPS) is 14.6. The van der Waals surface area contributed by atoms with Crippen molar-refractivity contribution in [3.63, 3.8) is 0 Å². The van der Waals surface area contributed by atoms with E-state index in [2.05, 4.69) is 12.2 Å². The molecule has 0 aromatic rings. The van der Waals surface area contributed by atoms with Crippen molar-refractivity contribution in [2.75, 3.05) is 6.61 Å². The molecule has 0 heterocycles. The molecule has 0 aromatic heterocycles. The van der Waals surface area contributed by atoms with E-state index in [1.54, 1.807) is 0 Å². The molecule has 0 saturated heterocycles. The van der Waals surface area contributed by atoms with Gasteiger partial charge >= 0.3 is 5.97 Å². The van der Waals surface area contributed by atoms with Gasteiger partial charge in [-0.3, -0.25) is 4.79 Å². The van der Waals surface area contributed by atoms with Crippen LogP contribution in [0.4, 0.5) is 0 Å². The van der Waals surface area contributed by atoms with Gasteiger partial charge in [-0.1, -0.05) is 37.4 Å². The summed E-state index contributed by atoms with van der Waals surface area (Å²) in [5, 5.41) is 0. The van der Waals surface area contributed by atoms with E-state index in [0.29, 0.717) is 19.3 Å². The second kappa shape index (κ2) is 8.20. The van der Waals surface area contributed by atoms with E-state index in [9.17, 15) is 4.79 Å². The fourth-order valence-corrected chi connectivity index (χ4v) is 1.60. The molecule has 0 spiro atoms. The molecule has 1 aliphatic rings. The third kappa shape index (κ3) is 5.79. The first-order valence-corrected chi connectivity index (χ1v) is 6.04. The van der Waals surface area contributed by atoms with Crippen LogP contribution in [-0.4, -0.2) is 20.4 Å². The molecule has 0 aromatic carbocycles. The van der Waals surface area contributed by atoms with Crippen molar-refractivity contribution < 1.29 is 9.53 Å². The number of carbonyl (C=O) groups excluding carboxylic acids is 1. The zero-order valence-electron chi connectivity index (χ0n) is 9.78. The lowest BCUT2D eigenvalue weighted by atomic mass is 9.99. The Morgan fingerprint density at radius 3 is 2.88 bits per heavy atom. The topological polar surface area (TPSA) is 26.3 Å². The van der Waals surface area contributed by atoms with Crippen molar-refractivity contribution in [3.05, 3.63) is 23.8 Å². The summed E-state index contributed by atoms with van der Waals surface area (Å²) in [4.78, 5) is 11.3. The highest BCUT2D eigenvalue weighted by Crippen LogP contribution is 2.10. The van der Waals surface area contributed by atoms with Crippen molar-refractivity contribution in [2.24, 2.45) is 0 Å². The smallest absolute Gasteiger partial charge is 0.306 e. The average molecular weight is 218 g/mol. The average Bonchev–Trinajstić information content (AvgIpc) is 2.33. The van der Waals surface area contributed by atoms with E-state index >= 15 is 0 Å². The summed E-state index contributed by atoms with van der Waals surface area (Å²) in [7, 11) is 5.37. The molecule has 0 aliphatic heterocycles. The van der Waals surface area contributed by atoms with E-state index in [-0.39, 0.29) is 5.97 Å². The fraction of sp³-hybridized carbons (Fsp3) is 0.615.